The van der Waals surface area contributed by atoms with Gasteiger partial charge in [0.2, 0.25) is 0 Å². The van der Waals surface area contributed by atoms with E-state index in [1.54, 1.807) is 31.3 Å². The number of furan rings is 1. The number of nitrogens with zero attached hydrogens (tertiary/aromatic N) is 2. The van der Waals surface area contributed by atoms with Crippen molar-refractivity contribution in [1.29, 1.82) is 0 Å². The predicted octanol–water partition coefficient (Wildman–Crippen LogP) is 3.96. The van der Waals surface area contributed by atoms with E-state index in [0.29, 0.717) is 46.9 Å². The minimum atomic E-state index is -0.346. The molecule has 1 fully saturated rings. The van der Waals surface area contributed by atoms with Crippen LogP contribution in [0.4, 0.5) is 4.39 Å². The van der Waals surface area contributed by atoms with E-state index in [4.69, 9.17) is 4.42 Å². The van der Waals surface area contributed by atoms with E-state index < -0.39 is 0 Å². The summed E-state index contributed by atoms with van der Waals surface area (Å²) < 4.78 is 20.7. The van der Waals surface area contributed by atoms with E-state index in [-0.39, 0.29) is 23.8 Å². The minimum Gasteiger partial charge on any atom is -0.460 e. The first kappa shape index (κ1) is 18.5. The Kier molecular flexibility index (Phi) is 4.79. The second-order valence-electron chi connectivity index (χ2n) is 7.65. The lowest BCUT2D eigenvalue weighted by atomic mass is 9.99. The summed E-state index contributed by atoms with van der Waals surface area (Å²) in [5, 5.41) is 0.305. The van der Waals surface area contributed by atoms with Gasteiger partial charge in [0.1, 0.15) is 17.2 Å². The van der Waals surface area contributed by atoms with Gasteiger partial charge in [0.05, 0.1) is 17.5 Å². The number of hydrogen-bond acceptors (Lipinski definition) is 3. The van der Waals surface area contributed by atoms with E-state index in [1.165, 1.54) is 16.7 Å². The average Bonchev–Trinajstić information content (AvgIpc) is 3.00. The Morgan fingerprint density at radius 2 is 2.14 bits per heavy atom. The molecule has 0 bridgehead atoms. The molecule has 1 saturated heterocycles. The van der Waals surface area contributed by atoms with Crippen LogP contribution in [0, 0.1) is 18.7 Å². The van der Waals surface area contributed by atoms with E-state index >= 15 is 0 Å². The Morgan fingerprint density at radius 3 is 2.89 bits per heavy atom. The highest BCUT2D eigenvalue weighted by Crippen LogP contribution is 2.26. The first-order valence-electron chi connectivity index (χ1n) is 9.60. The first-order valence-corrected chi connectivity index (χ1v) is 9.60. The number of likely N-dealkylation sites (tertiary alicyclic amines) is 1. The normalized spacial score (nSPS) is 17.2. The van der Waals surface area contributed by atoms with Crippen LogP contribution in [0.3, 0.4) is 0 Å². The molecule has 2 aromatic heterocycles. The SMILES string of the molecule is Cc1oc2ccn(Cc3cccc(F)c3)c(=O)c2c1C(=O)N1CCC[C@@H](C)C1. The van der Waals surface area contributed by atoms with Gasteiger partial charge >= 0.3 is 0 Å². The van der Waals surface area contributed by atoms with E-state index in [2.05, 4.69) is 6.92 Å². The van der Waals surface area contributed by atoms with Gasteiger partial charge < -0.3 is 13.9 Å². The van der Waals surface area contributed by atoms with Gasteiger partial charge in [-0.3, -0.25) is 9.59 Å². The maximum atomic E-state index is 13.5. The number of hydrogen-bond donors (Lipinski definition) is 0. The van der Waals surface area contributed by atoms with Crippen molar-refractivity contribution in [2.24, 2.45) is 5.92 Å². The van der Waals surface area contributed by atoms with Crippen molar-refractivity contribution in [3.63, 3.8) is 0 Å². The van der Waals surface area contributed by atoms with Crippen LogP contribution >= 0.6 is 0 Å². The summed E-state index contributed by atoms with van der Waals surface area (Å²) in [5.74, 6) is 0.406. The fourth-order valence-corrected chi connectivity index (χ4v) is 4.01. The molecular formula is C22H23FN2O3. The molecule has 1 amide bonds. The predicted molar refractivity (Wildman–Crippen MR) is 105 cm³/mol. The molecule has 1 aromatic carbocycles. The molecule has 0 saturated carbocycles. The number of carbonyl (C=O) groups excluding carboxylic acids is 1. The van der Waals surface area contributed by atoms with Crippen LogP contribution in [0.1, 0.15) is 41.4 Å². The van der Waals surface area contributed by atoms with Gasteiger partial charge in [-0.2, -0.15) is 0 Å². The Balaban J connectivity index is 1.76. The van der Waals surface area contributed by atoms with Crippen molar-refractivity contribution in [3.8, 4) is 0 Å². The van der Waals surface area contributed by atoms with Gasteiger partial charge in [0.15, 0.2) is 0 Å². The molecule has 4 rings (SSSR count). The van der Waals surface area contributed by atoms with Gasteiger partial charge in [-0.05, 0) is 49.4 Å². The first-order chi connectivity index (χ1) is 13.4. The van der Waals surface area contributed by atoms with Gasteiger partial charge in [0, 0.05) is 19.3 Å². The second-order valence-corrected chi connectivity index (χ2v) is 7.65. The summed E-state index contributed by atoms with van der Waals surface area (Å²) in [6.07, 6.45) is 3.69. The highest BCUT2D eigenvalue weighted by Gasteiger charge is 2.28. The molecule has 0 unspecified atom stereocenters. The molecule has 3 heterocycles. The number of aryl methyl sites for hydroxylation is 1. The number of halogens is 1. The lowest BCUT2D eigenvalue weighted by Crippen LogP contribution is -2.39. The zero-order chi connectivity index (χ0) is 19.8. The number of rotatable bonds is 3. The Hall–Kier alpha value is -2.89. The van der Waals surface area contributed by atoms with Crippen molar-refractivity contribution >= 4 is 16.9 Å². The monoisotopic (exact) mass is 382 g/mol. The lowest BCUT2D eigenvalue weighted by molar-refractivity contribution is 0.0683. The van der Waals surface area contributed by atoms with Crippen LogP contribution in [0.5, 0.6) is 0 Å². The zero-order valence-electron chi connectivity index (χ0n) is 16.1. The van der Waals surface area contributed by atoms with Crippen LogP contribution < -0.4 is 5.56 Å². The minimum absolute atomic E-state index is 0.150. The summed E-state index contributed by atoms with van der Waals surface area (Å²) in [6, 6.07) is 7.84. The third-order valence-corrected chi connectivity index (χ3v) is 5.39. The number of amides is 1. The quantitative estimate of drug-likeness (QED) is 0.689. The Labute approximate surface area is 162 Å². The molecule has 0 spiro atoms. The Bertz CT molecular complexity index is 1100. The largest absolute Gasteiger partial charge is 0.460 e. The number of fused-ring (bicyclic) bond motifs is 1. The molecule has 0 radical (unpaired) electrons. The van der Waals surface area contributed by atoms with E-state index in [9.17, 15) is 14.0 Å². The van der Waals surface area contributed by atoms with Gasteiger partial charge in [-0.1, -0.05) is 19.1 Å². The highest BCUT2D eigenvalue weighted by atomic mass is 19.1. The molecule has 1 aliphatic heterocycles. The lowest BCUT2D eigenvalue weighted by Gasteiger charge is -2.30. The smallest absolute Gasteiger partial charge is 0.262 e. The topological polar surface area (TPSA) is 55.5 Å². The number of aromatic nitrogens is 1. The Morgan fingerprint density at radius 1 is 1.32 bits per heavy atom. The van der Waals surface area contributed by atoms with Crippen LogP contribution in [-0.4, -0.2) is 28.5 Å². The third kappa shape index (κ3) is 3.35. The summed E-state index contributed by atoms with van der Waals surface area (Å²) >= 11 is 0. The third-order valence-electron chi connectivity index (χ3n) is 5.39. The maximum absolute atomic E-state index is 13.5. The molecule has 0 aliphatic carbocycles. The molecule has 5 nitrogen and oxygen atoms in total. The van der Waals surface area contributed by atoms with Crippen molar-refractivity contribution in [3.05, 3.63) is 69.6 Å². The number of pyridine rings is 1. The highest BCUT2D eigenvalue weighted by molar-refractivity contribution is 6.06. The fraction of sp³-hybridized carbons (Fsp3) is 0.364. The zero-order valence-corrected chi connectivity index (χ0v) is 16.1. The van der Waals surface area contributed by atoms with Crippen molar-refractivity contribution in [1.82, 2.24) is 9.47 Å². The molecule has 1 aliphatic rings. The molecule has 28 heavy (non-hydrogen) atoms. The van der Waals surface area contributed by atoms with Gasteiger partial charge in [0.25, 0.3) is 11.5 Å². The van der Waals surface area contributed by atoms with Crippen molar-refractivity contribution in [2.45, 2.75) is 33.2 Å². The summed E-state index contributed by atoms with van der Waals surface area (Å²) in [6.45, 7) is 5.46. The maximum Gasteiger partial charge on any atom is 0.262 e. The van der Waals surface area contributed by atoms with Gasteiger partial charge in [-0.25, -0.2) is 4.39 Å². The molecule has 6 heteroatoms. The summed E-state index contributed by atoms with van der Waals surface area (Å²) in [7, 11) is 0. The summed E-state index contributed by atoms with van der Waals surface area (Å²) in [4.78, 5) is 28.1. The van der Waals surface area contributed by atoms with Crippen LogP contribution in [0.15, 0.2) is 45.7 Å². The van der Waals surface area contributed by atoms with E-state index in [0.717, 1.165) is 12.8 Å². The molecule has 146 valence electrons. The molecule has 0 N–H and O–H groups in total. The second kappa shape index (κ2) is 7.26. The number of benzene rings is 1. The standard InChI is InChI=1S/C22H23FN2O3/c1-14-5-4-9-24(12-14)21(26)19-15(2)28-18-8-10-25(22(27)20(18)19)13-16-6-3-7-17(23)11-16/h3,6-8,10-11,14H,4-5,9,12-13H2,1-2H3/t14-/m1/s1. The van der Waals surface area contributed by atoms with Crippen LogP contribution in [-0.2, 0) is 6.54 Å². The average molecular weight is 382 g/mol. The molecule has 1 atom stereocenters. The molecular weight excluding hydrogens is 359 g/mol. The van der Waals surface area contributed by atoms with Crippen molar-refractivity contribution in [2.75, 3.05) is 13.1 Å². The van der Waals surface area contributed by atoms with E-state index in [1.807, 2.05) is 4.90 Å². The summed E-state index contributed by atoms with van der Waals surface area (Å²) in [5.41, 5.74) is 1.14. The fourth-order valence-electron chi connectivity index (χ4n) is 4.01. The van der Waals surface area contributed by atoms with Gasteiger partial charge in [-0.15, -0.1) is 0 Å². The van der Waals surface area contributed by atoms with Crippen molar-refractivity contribution < 1.29 is 13.6 Å². The molecule has 3 aromatic rings. The van der Waals surface area contributed by atoms with Crippen LogP contribution in [0.25, 0.3) is 11.0 Å². The number of piperidine rings is 1. The van der Waals surface area contributed by atoms with Crippen LogP contribution in [0.2, 0.25) is 0 Å². The number of carbonyl (C=O) groups is 1.